The van der Waals surface area contributed by atoms with Crippen molar-refractivity contribution in [2.75, 3.05) is 33.8 Å². The van der Waals surface area contributed by atoms with Crippen molar-refractivity contribution in [3.8, 4) is 0 Å². The highest BCUT2D eigenvalue weighted by atomic mass is 127. The minimum absolute atomic E-state index is 0.171. The van der Waals surface area contributed by atoms with Crippen LogP contribution in [-0.2, 0) is 20.8 Å². The minimum atomic E-state index is -0.530. The fourth-order valence-electron chi connectivity index (χ4n) is 2.03. The van der Waals surface area contributed by atoms with Crippen molar-refractivity contribution in [3.63, 3.8) is 0 Å². The monoisotopic (exact) mass is 462 g/mol. The van der Waals surface area contributed by atoms with Crippen LogP contribution in [0.3, 0.4) is 0 Å². The van der Waals surface area contributed by atoms with E-state index in [1.54, 1.807) is 7.05 Å². The summed E-state index contributed by atoms with van der Waals surface area (Å²) >= 11 is 2.25. The van der Waals surface area contributed by atoms with Gasteiger partial charge < -0.3 is 14.4 Å². The maximum absolute atomic E-state index is 12.0. The lowest BCUT2D eigenvalue weighted by Gasteiger charge is -2.27. The van der Waals surface area contributed by atoms with Crippen LogP contribution in [-0.4, -0.2) is 61.3 Å². The number of halogens is 1. The van der Waals surface area contributed by atoms with Crippen LogP contribution in [0.25, 0.3) is 0 Å². The van der Waals surface area contributed by atoms with Crippen molar-refractivity contribution in [3.05, 3.63) is 33.4 Å². The summed E-state index contributed by atoms with van der Waals surface area (Å²) in [6.07, 6.45) is -0.375. The lowest BCUT2D eigenvalue weighted by molar-refractivity contribution is -0.142. The highest BCUT2D eigenvalue weighted by molar-refractivity contribution is 14.1. The van der Waals surface area contributed by atoms with Crippen LogP contribution in [0.4, 0.5) is 4.79 Å². The Morgan fingerprint density at radius 2 is 1.72 bits per heavy atom. The smallest absolute Gasteiger partial charge is 0.410 e. The molecule has 0 spiro atoms. The van der Waals surface area contributed by atoms with Crippen LogP contribution in [0.1, 0.15) is 26.3 Å². The van der Waals surface area contributed by atoms with E-state index < -0.39 is 5.60 Å². The van der Waals surface area contributed by atoms with Crippen molar-refractivity contribution in [1.29, 1.82) is 0 Å². The van der Waals surface area contributed by atoms with Gasteiger partial charge in [-0.3, -0.25) is 9.69 Å². The highest BCUT2D eigenvalue weighted by Crippen LogP contribution is 2.11. The number of esters is 1. The molecule has 1 aromatic carbocycles. The maximum Gasteiger partial charge on any atom is 0.410 e. The number of methoxy groups -OCH3 is 1. The number of benzene rings is 1. The summed E-state index contributed by atoms with van der Waals surface area (Å²) in [5, 5.41) is 0. The number of rotatable bonds is 7. The van der Waals surface area contributed by atoms with Crippen molar-refractivity contribution >= 4 is 34.7 Å². The SMILES string of the molecule is COC(=O)CN(CCN(C)C(=O)OC(C)(C)C)Cc1ccc(I)cc1. The van der Waals surface area contributed by atoms with Gasteiger partial charge >= 0.3 is 12.1 Å². The third-order valence-electron chi connectivity index (χ3n) is 3.36. The molecule has 0 saturated carbocycles. The molecule has 25 heavy (non-hydrogen) atoms. The van der Waals surface area contributed by atoms with Crippen LogP contribution in [0.2, 0.25) is 0 Å². The normalized spacial score (nSPS) is 11.3. The first-order valence-corrected chi connectivity index (χ1v) is 9.16. The summed E-state index contributed by atoms with van der Waals surface area (Å²) in [6, 6.07) is 8.12. The first-order valence-electron chi connectivity index (χ1n) is 8.08. The van der Waals surface area contributed by atoms with Gasteiger partial charge in [-0.25, -0.2) is 4.79 Å². The number of carbonyl (C=O) groups excluding carboxylic acids is 2. The van der Waals surface area contributed by atoms with E-state index in [0.717, 1.165) is 9.13 Å². The molecule has 0 bridgehead atoms. The van der Waals surface area contributed by atoms with Gasteiger partial charge in [-0.05, 0) is 61.1 Å². The molecule has 7 heteroatoms. The van der Waals surface area contributed by atoms with Crippen LogP contribution in [0, 0.1) is 3.57 Å². The number of hydrogen-bond acceptors (Lipinski definition) is 5. The lowest BCUT2D eigenvalue weighted by atomic mass is 10.2. The molecule has 0 radical (unpaired) electrons. The fraction of sp³-hybridized carbons (Fsp3) is 0.556. The summed E-state index contributed by atoms with van der Waals surface area (Å²) in [5.41, 5.74) is 0.572. The molecule has 1 amide bonds. The van der Waals surface area contributed by atoms with Gasteiger partial charge in [0.2, 0.25) is 0 Å². The summed E-state index contributed by atoms with van der Waals surface area (Å²) in [5.74, 6) is -0.301. The third kappa shape index (κ3) is 9.06. The van der Waals surface area contributed by atoms with Gasteiger partial charge in [0.25, 0.3) is 0 Å². The number of hydrogen-bond donors (Lipinski definition) is 0. The number of ether oxygens (including phenoxy) is 2. The molecule has 0 N–H and O–H groups in total. The Morgan fingerprint density at radius 1 is 1.12 bits per heavy atom. The second-order valence-corrected chi connectivity index (χ2v) is 8.06. The van der Waals surface area contributed by atoms with Crippen molar-refractivity contribution in [1.82, 2.24) is 9.80 Å². The Kier molecular flexibility index (Phi) is 8.64. The van der Waals surface area contributed by atoms with Crippen LogP contribution >= 0.6 is 22.6 Å². The first-order chi connectivity index (χ1) is 11.6. The van der Waals surface area contributed by atoms with E-state index in [1.165, 1.54) is 12.0 Å². The Balaban J connectivity index is 2.65. The predicted octanol–water partition coefficient (Wildman–Crippen LogP) is 3.13. The molecule has 1 rings (SSSR count). The number of likely N-dealkylation sites (N-methyl/N-ethyl adjacent to an activating group) is 1. The van der Waals surface area contributed by atoms with E-state index in [0.29, 0.717) is 19.6 Å². The molecule has 0 saturated heterocycles. The van der Waals surface area contributed by atoms with E-state index >= 15 is 0 Å². The van der Waals surface area contributed by atoms with E-state index in [2.05, 4.69) is 22.6 Å². The van der Waals surface area contributed by atoms with Crippen LogP contribution in [0.15, 0.2) is 24.3 Å². The van der Waals surface area contributed by atoms with Crippen LogP contribution in [0.5, 0.6) is 0 Å². The molecule has 0 fully saturated rings. The summed E-state index contributed by atoms with van der Waals surface area (Å²) in [6.45, 7) is 7.27. The number of carbonyl (C=O) groups is 2. The topological polar surface area (TPSA) is 59.1 Å². The van der Waals surface area contributed by atoms with E-state index in [1.807, 2.05) is 49.9 Å². The van der Waals surface area contributed by atoms with Crippen molar-refractivity contribution in [2.24, 2.45) is 0 Å². The predicted molar refractivity (Wildman–Crippen MR) is 105 cm³/mol. The summed E-state index contributed by atoms with van der Waals surface area (Å²) < 4.78 is 11.3. The number of nitrogens with zero attached hydrogens (tertiary/aromatic N) is 2. The Bertz CT molecular complexity index is 569. The highest BCUT2D eigenvalue weighted by Gasteiger charge is 2.20. The third-order valence-corrected chi connectivity index (χ3v) is 4.08. The Hall–Kier alpha value is -1.35. The molecular weight excluding hydrogens is 435 g/mol. The fourth-order valence-corrected chi connectivity index (χ4v) is 2.39. The van der Waals surface area contributed by atoms with Crippen molar-refractivity contribution < 1.29 is 19.1 Å². The molecular formula is C18H27IN2O4. The van der Waals surface area contributed by atoms with Crippen LogP contribution < -0.4 is 0 Å². The Morgan fingerprint density at radius 3 is 2.24 bits per heavy atom. The zero-order chi connectivity index (χ0) is 19.0. The van der Waals surface area contributed by atoms with Gasteiger partial charge in [0.15, 0.2) is 0 Å². The standard InChI is InChI=1S/C18H27IN2O4/c1-18(2,3)25-17(23)20(4)10-11-21(13-16(22)24-5)12-14-6-8-15(19)9-7-14/h6-9H,10-13H2,1-5H3. The van der Waals surface area contributed by atoms with Gasteiger partial charge in [-0.2, -0.15) is 0 Å². The van der Waals surface area contributed by atoms with Gasteiger partial charge in [0, 0.05) is 30.3 Å². The summed E-state index contributed by atoms with van der Waals surface area (Å²) in [4.78, 5) is 27.2. The van der Waals surface area contributed by atoms with Gasteiger partial charge in [-0.1, -0.05) is 12.1 Å². The second-order valence-electron chi connectivity index (χ2n) is 6.82. The van der Waals surface area contributed by atoms with Gasteiger partial charge in [-0.15, -0.1) is 0 Å². The first kappa shape index (κ1) is 21.7. The molecule has 0 aromatic heterocycles. The zero-order valence-corrected chi connectivity index (χ0v) is 17.7. The molecule has 0 aliphatic heterocycles. The molecule has 1 aromatic rings. The van der Waals surface area contributed by atoms with Gasteiger partial charge in [0.05, 0.1) is 13.7 Å². The van der Waals surface area contributed by atoms with E-state index in [9.17, 15) is 9.59 Å². The summed E-state index contributed by atoms with van der Waals surface area (Å²) in [7, 11) is 3.06. The molecule has 0 heterocycles. The Labute approximate surface area is 163 Å². The lowest BCUT2D eigenvalue weighted by Crippen LogP contribution is -2.40. The maximum atomic E-state index is 12.0. The molecule has 0 unspecified atom stereocenters. The van der Waals surface area contributed by atoms with Gasteiger partial charge in [0.1, 0.15) is 5.60 Å². The molecule has 6 nitrogen and oxygen atoms in total. The average Bonchev–Trinajstić information content (AvgIpc) is 2.52. The molecule has 0 aliphatic carbocycles. The minimum Gasteiger partial charge on any atom is -0.468 e. The zero-order valence-electron chi connectivity index (χ0n) is 15.5. The van der Waals surface area contributed by atoms with Crippen molar-refractivity contribution in [2.45, 2.75) is 32.9 Å². The molecule has 140 valence electrons. The van der Waals surface area contributed by atoms with E-state index in [-0.39, 0.29) is 18.6 Å². The number of amides is 1. The molecule has 0 aliphatic rings. The molecule has 0 atom stereocenters. The quantitative estimate of drug-likeness (QED) is 0.461. The average molecular weight is 462 g/mol. The largest absolute Gasteiger partial charge is 0.468 e. The second kappa shape index (κ2) is 9.96. The van der Waals surface area contributed by atoms with E-state index in [4.69, 9.17) is 9.47 Å².